The molecule has 9 nitrogen and oxygen atoms in total. The van der Waals surface area contributed by atoms with E-state index in [1.165, 1.54) is 17.3 Å². The number of amides is 2. The van der Waals surface area contributed by atoms with Crippen LogP contribution in [-0.2, 0) is 42.1 Å². The van der Waals surface area contributed by atoms with Crippen LogP contribution in [0.1, 0.15) is 48.9 Å². The molecule has 5 rings (SSSR count). The molecule has 2 N–H and O–H groups in total. The Morgan fingerprint density at radius 2 is 1.94 bits per heavy atom. The molecule has 162 valence electrons. The number of fused-ring (bicyclic) bond motifs is 3. The second kappa shape index (κ2) is 6.99. The number of carbonyl (C=O) groups excluding carboxylic acids is 1. The Labute approximate surface area is 181 Å². The number of hydrogen-bond donors (Lipinski definition) is 2. The molecule has 2 aromatic rings. The smallest absolute Gasteiger partial charge is 0.355 e. The molecule has 2 heterocycles. The fourth-order valence-electron chi connectivity index (χ4n) is 4.82. The maximum absolute atomic E-state index is 13.6. The van der Waals surface area contributed by atoms with Crippen molar-refractivity contribution in [1.82, 2.24) is 14.5 Å². The van der Waals surface area contributed by atoms with Crippen molar-refractivity contribution in [1.29, 1.82) is 5.26 Å². The van der Waals surface area contributed by atoms with Gasteiger partial charge in [-0.25, -0.2) is 18.4 Å². The summed E-state index contributed by atoms with van der Waals surface area (Å²) >= 11 is 0. The van der Waals surface area contributed by atoms with Crippen LogP contribution in [-0.4, -0.2) is 25.6 Å². The number of nitriles is 1. The quantitative estimate of drug-likeness (QED) is 0.561. The first kappa shape index (κ1) is 19.9. The summed E-state index contributed by atoms with van der Waals surface area (Å²) < 4.78 is 27.2. The topological polar surface area (TPSA) is 121 Å². The number of carbonyl (C=O) groups is 1. The standard InChI is InChI=1S/C21H24N6O3S/c1-21(2)11-27-19(30-21)17(10-23-27)31(29,24-12-22)26-20(28)25-18-15-7-3-5-13(15)9-14-6-4-8-16(14)18/h9-10H,3-8,11H2,1-2H3,(H2,24,25,26,28,29). The lowest BCUT2D eigenvalue weighted by Crippen LogP contribution is -2.27. The lowest BCUT2D eigenvalue weighted by atomic mass is 9.99. The van der Waals surface area contributed by atoms with E-state index in [1.54, 1.807) is 10.9 Å². The van der Waals surface area contributed by atoms with Crippen LogP contribution in [0.25, 0.3) is 0 Å². The number of nitrogens with zero attached hydrogens (tertiary/aromatic N) is 4. The minimum Gasteiger partial charge on any atom is -0.469 e. The van der Waals surface area contributed by atoms with Gasteiger partial charge < -0.3 is 10.1 Å². The molecule has 1 unspecified atom stereocenters. The number of rotatable bonds is 3. The molecule has 3 aliphatic rings. The van der Waals surface area contributed by atoms with Crippen LogP contribution in [0.5, 0.6) is 5.88 Å². The summed E-state index contributed by atoms with van der Waals surface area (Å²) in [5, 5.41) is 16.3. The summed E-state index contributed by atoms with van der Waals surface area (Å²) in [4.78, 5) is 13.0. The summed E-state index contributed by atoms with van der Waals surface area (Å²) in [6.45, 7) is 4.23. The van der Waals surface area contributed by atoms with Crippen molar-refractivity contribution in [3.05, 3.63) is 34.5 Å². The third kappa shape index (κ3) is 3.33. The van der Waals surface area contributed by atoms with Crippen molar-refractivity contribution in [2.24, 2.45) is 4.36 Å². The summed E-state index contributed by atoms with van der Waals surface area (Å²) in [6, 6.07) is 1.52. The molecule has 2 amide bonds. The number of benzene rings is 1. The molecule has 0 spiro atoms. The highest BCUT2D eigenvalue weighted by molar-refractivity contribution is 7.92. The Hall–Kier alpha value is -3.06. The molecule has 1 aromatic carbocycles. The summed E-state index contributed by atoms with van der Waals surface area (Å²) in [6.07, 6.45) is 8.94. The lowest BCUT2D eigenvalue weighted by molar-refractivity contribution is 0.132. The van der Waals surface area contributed by atoms with Gasteiger partial charge in [0.2, 0.25) is 5.88 Å². The van der Waals surface area contributed by atoms with E-state index in [4.69, 9.17) is 4.74 Å². The Morgan fingerprint density at radius 3 is 2.58 bits per heavy atom. The number of hydrogen-bond acceptors (Lipinski definition) is 5. The van der Waals surface area contributed by atoms with Gasteiger partial charge in [-0.2, -0.15) is 10.4 Å². The molecule has 0 radical (unpaired) electrons. The maximum Gasteiger partial charge on any atom is 0.355 e. The number of nitrogens with one attached hydrogen (secondary N) is 2. The molecule has 31 heavy (non-hydrogen) atoms. The predicted molar refractivity (Wildman–Crippen MR) is 114 cm³/mol. The van der Waals surface area contributed by atoms with E-state index >= 15 is 0 Å². The number of anilines is 1. The predicted octanol–water partition coefficient (Wildman–Crippen LogP) is 3.08. The largest absolute Gasteiger partial charge is 0.469 e. The molecule has 1 atom stereocenters. The van der Waals surface area contributed by atoms with Gasteiger partial charge in [0.05, 0.1) is 12.7 Å². The average molecular weight is 441 g/mol. The molecular weight excluding hydrogens is 416 g/mol. The van der Waals surface area contributed by atoms with Crippen molar-refractivity contribution in [2.75, 3.05) is 5.32 Å². The average Bonchev–Trinajstić information content (AvgIpc) is 3.44. The fraction of sp³-hybridized carbons (Fsp3) is 0.476. The third-order valence-electron chi connectivity index (χ3n) is 6.06. The van der Waals surface area contributed by atoms with Gasteiger partial charge in [-0.1, -0.05) is 6.07 Å². The highest BCUT2D eigenvalue weighted by Crippen LogP contribution is 2.39. The number of ether oxygens (including phenoxy) is 1. The molecule has 0 saturated carbocycles. The molecule has 0 saturated heterocycles. The fourth-order valence-corrected chi connectivity index (χ4v) is 6.05. The van der Waals surface area contributed by atoms with Gasteiger partial charge in [0.25, 0.3) is 0 Å². The molecule has 2 aliphatic carbocycles. The molecule has 0 fully saturated rings. The van der Waals surface area contributed by atoms with Crippen LogP contribution in [0.3, 0.4) is 0 Å². The van der Waals surface area contributed by atoms with Crippen LogP contribution in [0.4, 0.5) is 10.5 Å². The van der Waals surface area contributed by atoms with Gasteiger partial charge in [-0.15, -0.1) is 4.36 Å². The second-order valence-electron chi connectivity index (χ2n) is 8.83. The van der Waals surface area contributed by atoms with Gasteiger partial charge in [0, 0.05) is 5.69 Å². The van der Waals surface area contributed by atoms with E-state index < -0.39 is 21.5 Å². The van der Waals surface area contributed by atoms with Crippen LogP contribution in [0.2, 0.25) is 0 Å². The van der Waals surface area contributed by atoms with Gasteiger partial charge in [0.1, 0.15) is 5.60 Å². The first-order valence-electron chi connectivity index (χ1n) is 10.4. The summed E-state index contributed by atoms with van der Waals surface area (Å²) in [5.74, 6) is 0.260. The zero-order chi connectivity index (χ0) is 21.8. The second-order valence-corrected chi connectivity index (χ2v) is 10.7. The SMILES string of the molecule is CC1(C)Cn2ncc(S(=O)(=NC(=O)Nc3c4c(cc5c3CCC5)CCC4)NC#N)c2O1. The summed E-state index contributed by atoms with van der Waals surface area (Å²) in [7, 11) is -3.60. The van der Waals surface area contributed by atoms with E-state index in [0.717, 1.165) is 55.3 Å². The van der Waals surface area contributed by atoms with Gasteiger partial charge in [-0.05, 0) is 74.6 Å². The first-order chi connectivity index (χ1) is 14.8. The number of aromatic nitrogens is 2. The van der Waals surface area contributed by atoms with E-state index in [9.17, 15) is 14.3 Å². The molecule has 10 heteroatoms. The highest BCUT2D eigenvalue weighted by atomic mass is 32.2. The van der Waals surface area contributed by atoms with Crippen molar-refractivity contribution in [3.8, 4) is 12.1 Å². The van der Waals surface area contributed by atoms with E-state index in [2.05, 4.69) is 25.6 Å². The normalized spacial score (nSPS) is 19.4. The monoisotopic (exact) mass is 440 g/mol. The van der Waals surface area contributed by atoms with Crippen molar-refractivity contribution >= 4 is 21.6 Å². The Morgan fingerprint density at radius 1 is 1.26 bits per heavy atom. The third-order valence-corrected chi connectivity index (χ3v) is 7.73. The van der Waals surface area contributed by atoms with Crippen LogP contribution >= 0.6 is 0 Å². The zero-order valence-corrected chi connectivity index (χ0v) is 18.3. The highest BCUT2D eigenvalue weighted by Gasteiger charge is 2.36. The van der Waals surface area contributed by atoms with E-state index in [-0.39, 0.29) is 10.8 Å². The van der Waals surface area contributed by atoms with Gasteiger partial charge in [-0.3, -0.25) is 0 Å². The van der Waals surface area contributed by atoms with Crippen LogP contribution in [0, 0.1) is 11.5 Å². The Balaban J connectivity index is 1.53. The van der Waals surface area contributed by atoms with Crippen molar-refractivity contribution in [3.63, 3.8) is 0 Å². The number of urea groups is 1. The van der Waals surface area contributed by atoms with Gasteiger partial charge >= 0.3 is 6.03 Å². The Kier molecular flexibility index (Phi) is 4.48. The molecular formula is C21H24N6O3S. The van der Waals surface area contributed by atoms with Crippen LogP contribution < -0.4 is 14.8 Å². The molecule has 1 aromatic heterocycles. The zero-order valence-electron chi connectivity index (χ0n) is 17.5. The maximum atomic E-state index is 13.6. The van der Waals surface area contributed by atoms with Crippen LogP contribution in [0.15, 0.2) is 21.5 Å². The van der Waals surface area contributed by atoms with Gasteiger partial charge in [0.15, 0.2) is 21.0 Å². The first-order valence-corrected chi connectivity index (χ1v) is 12.0. The lowest BCUT2D eigenvalue weighted by Gasteiger charge is -2.17. The molecule has 1 aliphatic heterocycles. The molecule has 0 bridgehead atoms. The Bertz CT molecular complexity index is 1230. The minimum absolute atomic E-state index is 0.0956. The minimum atomic E-state index is -3.60. The van der Waals surface area contributed by atoms with Crippen molar-refractivity contribution in [2.45, 2.75) is 69.4 Å². The number of aryl methyl sites for hydroxylation is 2. The summed E-state index contributed by atoms with van der Waals surface area (Å²) in [5.41, 5.74) is 5.14. The van der Waals surface area contributed by atoms with Crippen molar-refractivity contribution < 1.29 is 13.7 Å². The van der Waals surface area contributed by atoms with E-state index in [1.807, 2.05) is 13.8 Å². The van der Waals surface area contributed by atoms with E-state index in [0.29, 0.717) is 6.54 Å².